The summed E-state index contributed by atoms with van der Waals surface area (Å²) in [4.78, 5) is 1.22. The second-order valence-electron chi connectivity index (χ2n) is 4.15. The number of anilines is 1. The minimum absolute atomic E-state index is 0.782. The van der Waals surface area contributed by atoms with Gasteiger partial charge < -0.3 is 10.1 Å². The van der Waals surface area contributed by atoms with Crippen LogP contribution < -0.4 is 10.1 Å². The van der Waals surface area contributed by atoms with Crippen molar-refractivity contribution in [3.8, 4) is 5.75 Å². The van der Waals surface area contributed by atoms with E-state index >= 15 is 0 Å². The van der Waals surface area contributed by atoms with E-state index in [1.54, 1.807) is 18.4 Å². The van der Waals surface area contributed by atoms with Gasteiger partial charge in [0.2, 0.25) is 0 Å². The van der Waals surface area contributed by atoms with Crippen molar-refractivity contribution >= 4 is 28.6 Å². The Morgan fingerprint density at radius 3 is 2.61 bits per heavy atom. The third-order valence-electron chi connectivity index (χ3n) is 2.89. The van der Waals surface area contributed by atoms with E-state index in [1.165, 1.54) is 4.88 Å². The standard InChI is InChI=1S/C14H16ClNOS/c1-9-4-6-12(10(2)14(9)17-3)16-8-11-5-7-13(15)18-11/h4-7,16H,8H2,1-3H3. The Labute approximate surface area is 117 Å². The molecule has 2 aromatic rings. The summed E-state index contributed by atoms with van der Waals surface area (Å²) in [5, 5.41) is 3.42. The van der Waals surface area contributed by atoms with Crippen molar-refractivity contribution in [1.82, 2.24) is 0 Å². The van der Waals surface area contributed by atoms with E-state index in [-0.39, 0.29) is 0 Å². The van der Waals surface area contributed by atoms with E-state index in [9.17, 15) is 0 Å². The van der Waals surface area contributed by atoms with Crippen LogP contribution in [-0.4, -0.2) is 7.11 Å². The highest BCUT2D eigenvalue weighted by Crippen LogP contribution is 2.30. The van der Waals surface area contributed by atoms with Crippen LogP contribution in [0.1, 0.15) is 16.0 Å². The molecule has 1 aromatic carbocycles. The van der Waals surface area contributed by atoms with Crippen LogP contribution in [0.4, 0.5) is 5.69 Å². The normalized spacial score (nSPS) is 10.4. The number of nitrogens with one attached hydrogen (secondary N) is 1. The van der Waals surface area contributed by atoms with Gasteiger partial charge in [-0.2, -0.15) is 0 Å². The van der Waals surface area contributed by atoms with Gasteiger partial charge >= 0.3 is 0 Å². The molecule has 96 valence electrons. The summed E-state index contributed by atoms with van der Waals surface area (Å²) in [5.74, 6) is 0.948. The highest BCUT2D eigenvalue weighted by molar-refractivity contribution is 7.16. The zero-order chi connectivity index (χ0) is 13.1. The molecule has 0 bridgehead atoms. The number of rotatable bonds is 4. The predicted molar refractivity (Wildman–Crippen MR) is 79.1 cm³/mol. The van der Waals surface area contributed by atoms with Gasteiger partial charge in [-0.05, 0) is 37.6 Å². The summed E-state index contributed by atoms with van der Waals surface area (Å²) in [6.07, 6.45) is 0. The molecule has 0 fully saturated rings. The van der Waals surface area contributed by atoms with E-state index in [2.05, 4.69) is 31.3 Å². The molecule has 0 spiro atoms. The minimum atomic E-state index is 0.782. The van der Waals surface area contributed by atoms with E-state index in [0.717, 1.165) is 33.4 Å². The minimum Gasteiger partial charge on any atom is -0.496 e. The molecule has 4 heteroatoms. The van der Waals surface area contributed by atoms with Gasteiger partial charge in [0, 0.05) is 22.7 Å². The molecule has 0 aliphatic heterocycles. The lowest BCUT2D eigenvalue weighted by molar-refractivity contribution is 0.409. The number of hydrogen-bond acceptors (Lipinski definition) is 3. The maximum absolute atomic E-state index is 5.91. The summed E-state index contributed by atoms with van der Waals surface area (Å²) < 4.78 is 6.24. The third kappa shape index (κ3) is 2.79. The first-order valence-corrected chi connectivity index (χ1v) is 6.93. The molecule has 18 heavy (non-hydrogen) atoms. The monoisotopic (exact) mass is 281 g/mol. The van der Waals surface area contributed by atoms with Crippen LogP contribution in [0.15, 0.2) is 24.3 Å². The summed E-state index contributed by atoms with van der Waals surface area (Å²) in [7, 11) is 1.71. The zero-order valence-electron chi connectivity index (χ0n) is 10.7. The molecule has 0 amide bonds. The Morgan fingerprint density at radius 1 is 1.22 bits per heavy atom. The lowest BCUT2D eigenvalue weighted by Gasteiger charge is -2.14. The molecule has 1 aromatic heterocycles. The van der Waals surface area contributed by atoms with Crippen molar-refractivity contribution in [1.29, 1.82) is 0 Å². The zero-order valence-corrected chi connectivity index (χ0v) is 12.3. The van der Waals surface area contributed by atoms with Crippen molar-refractivity contribution in [2.75, 3.05) is 12.4 Å². The molecule has 0 saturated carbocycles. The first kappa shape index (κ1) is 13.2. The number of hydrogen-bond donors (Lipinski definition) is 1. The van der Waals surface area contributed by atoms with Gasteiger partial charge in [-0.15, -0.1) is 11.3 Å². The molecular weight excluding hydrogens is 266 g/mol. The topological polar surface area (TPSA) is 21.3 Å². The van der Waals surface area contributed by atoms with Crippen LogP contribution in [0, 0.1) is 13.8 Å². The number of methoxy groups -OCH3 is 1. The molecule has 1 heterocycles. The van der Waals surface area contributed by atoms with Gasteiger partial charge in [-0.25, -0.2) is 0 Å². The number of halogens is 1. The molecule has 0 unspecified atom stereocenters. The first-order chi connectivity index (χ1) is 8.61. The van der Waals surface area contributed by atoms with Gasteiger partial charge in [-0.3, -0.25) is 0 Å². The predicted octanol–water partition coefficient (Wildman–Crippen LogP) is 4.64. The Balaban J connectivity index is 2.14. The molecule has 0 aliphatic carbocycles. The summed E-state index contributed by atoms with van der Waals surface area (Å²) in [6, 6.07) is 8.12. The average Bonchev–Trinajstić information content (AvgIpc) is 2.75. The highest BCUT2D eigenvalue weighted by Gasteiger charge is 2.07. The average molecular weight is 282 g/mol. The molecular formula is C14H16ClNOS. The second kappa shape index (κ2) is 5.63. The van der Waals surface area contributed by atoms with Gasteiger partial charge in [0.15, 0.2) is 0 Å². The molecule has 0 atom stereocenters. The quantitative estimate of drug-likeness (QED) is 0.881. The number of aryl methyl sites for hydroxylation is 1. The van der Waals surface area contributed by atoms with Crippen molar-refractivity contribution in [2.45, 2.75) is 20.4 Å². The number of benzene rings is 1. The fourth-order valence-corrected chi connectivity index (χ4v) is 2.99. The third-order valence-corrected chi connectivity index (χ3v) is 4.12. The van der Waals surface area contributed by atoms with Crippen LogP contribution in [0.3, 0.4) is 0 Å². The molecule has 2 rings (SSSR count). The largest absolute Gasteiger partial charge is 0.496 e. The number of thiophene rings is 1. The fraction of sp³-hybridized carbons (Fsp3) is 0.286. The van der Waals surface area contributed by atoms with Gasteiger partial charge in [0.05, 0.1) is 11.4 Å². The van der Waals surface area contributed by atoms with E-state index in [1.807, 2.05) is 12.1 Å². The fourth-order valence-electron chi connectivity index (χ4n) is 1.96. The SMILES string of the molecule is COc1c(C)ccc(NCc2ccc(Cl)s2)c1C. The maximum atomic E-state index is 5.91. The highest BCUT2D eigenvalue weighted by atomic mass is 35.5. The van der Waals surface area contributed by atoms with Gasteiger partial charge in [0.1, 0.15) is 5.75 Å². The van der Waals surface area contributed by atoms with E-state index in [0.29, 0.717) is 0 Å². The van der Waals surface area contributed by atoms with E-state index in [4.69, 9.17) is 16.3 Å². The Hall–Kier alpha value is -1.19. The molecule has 2 nitrogen and oxygen atoms in total. The first-order valence-electron chi connectivity index (χ1n) is 5.74. The van der Waals surface area contributed by atoms with E-state index < -0.39 is 0 Å². The van der Waals surface area contributed by atoms with Crippen LogP contribution in [0.25, 0.3) is 0 Å². The van der Waals surface area contributed by atoms with Gasteiger partial charge in [-0.1, -0.05) is 17.7 Å². The van der Waals surface area contributed by atoms with Crippen molar-refractivity contribution < 1.29 is 4.74 Å². The Morgan fingerprint density at radius 2 is 2.00 bits per heavy atom. The Kier molecular flexibility index (Phi) is 4.15. The smallest absolute Gasteiger partial charge is 0.126 e. The number of ether oxygens (including phenoxy) is 1. The van der Waals surface area contributed by atoms with Crippen LogP contribution in [0.5, 0.6) is 5.75 Å². The van der Waals surface area contributed by atoms with Crippen molar-refractivity contribution in [2.24, 2.45) is 0 Å². The summed E-state index contributed by atoms with van der Waals surface area (Å²) in [6.45, 7) is 4.90. The lowest BCUT2D eigenvalue weighted by Crippen LogP contribution is -2.01. The Bertz CT molecular complexity index is 551. The van der Waals surface area contributed by atoms with Crippen LogP contribution in [0.2, 0.25) is 4.34 Å². The van der Waals surface area contributed by atoms with Crippen LogP contribution >= 0.6 is 22.9 Å². The molecule has 0 radical (unpaired) electrons. The molecule has 0 aliphatic rings. The second-order valence-corrected chi connectivity index (χ2v) is 5.95. The van der Waals surface area contributed by atoms with Crippen molar-refractivity contribution in [3.63, 3.8) is 0 Å². The van der Waals surface area contributed by atoms with Gasteiger partial charge in [0.25, 0.3) is 0 Å². The lowest BCUT2D eigenvalue weighted by atomic mass is 10.1. The molecule has 0 saturated heterocycles. The summed E-state index contributed by atoms with van der Waals surface area (Å²) in [5.41, 5.74) is 3.39. The maximum Gasteiger partial charge on any atom is 0.126 e. The van der Waals surface area contributed by atoms with Crippen molar-refractivity contribution in [3.05, 3.63) is 44.6 Å². The molecule has 1 N–H and O–H groups in total. The summed E-state index contributed by atoms with van der Waals surface area (Å²) >= 11 is 7.51. The van der Waals surface area contributed by atoms with Crippen LogP contribution in [-0.2, 0) is 6.54 Å².